The summed E-state index contributed by atoms with van der Waals surface area (Å²) in [5, 5.41) is 2.58. The molecular formula is C24H23N2O+. The van der Waals surface area contributed by atoms with E-state index >= 15 is 0 Å². The van der Waals surface area contributed by atoms with E-state index in [9.17, 15) is 0 Å². The van der Waals surface area contributed by atoms with Gasteiger partial charge >= 0.3 is 0 Å². The maximum atomic E-state index is 5.48. The topological polar surface area (TPSA) is 16.4 Å². The van der Waals surface area contributed by atoms with Crippen molar-refractivity contribution in [3.63, 3.8) is 0 Å². The Bertz CT molecular complexity index is 1060. The molecule has 5 rings (SSSR count). The highest BCUT2D eigenvalue weighted by atomic mass is 16.5. The lowest BCUT2D eigenvalue weighted by molar-refractivity contribution is -0.617. The number of hydrogen-bond acceptors (Lipinski definition) is 2. The second-order valence-electron chi connectivity index (χ2n) is 7.11. The van der Waals surface area contributed by atoms with Crippen LogP contribution in [0.15, 0.2) is 72.8 Å². The number of fused-ring (bicyclic) bond motifs is 2. The van der Waals surface area contributed by atoms with E-state index in [2.05, 4.69) is 89.3 Å². The average molecular weight is 355 g/mol. The number of aromatic nitrogens is 1. The lowest BCUT2D eigenvalue weighted by Crippen LogP contribution is -2.36. The van der Waals surface area contributed by atoms with Crippen molar-refractivity contribution in [1.29, 1.82) is 0 Å². The first kappa shape index (κ1) is 16.3. The molecule has 3 aromatic carbocycles. The normalized spacial score (nSPS) is 14.8. The molecule has 0 radical (unpaired) electrons. The van der Waals surface area contributed by atoms with Gasteiger partial charge in [0.2, 0.25) is 11.0 Å². The number of ether oxygens (including phenoxy) is 1. The molecule has 0 bridgehead atoms. The van der Waals surface area contributed by atoms with Gasteiger partial charge in [-0.05, 0) is 29.8 Å². The van der Waals surface area contributed by atoms with Crippen molar-refractivity contribution in [3.05, 3.63) is 72.8 Å². The minimum Gasteiger partial charge on any atom is -0.378 e. The monoisotopic (exact) mass is 355 g/mol. The van der Waals surface area contributed by atoms with Crippen LogP contribution in [0.4, 0.5) is 5.69 Å². The van der Waals surface area contributed by atoms with Gasteiger partial charge in [-0.3, -0.25) is 0 Å². The molecule has 134 valence electrons. The summed E-state index contributed by atoms with van der Waals surface area (Å²) in [7, 11) is 2.15. The van der Waals surface area contributed by atoms with Crippen LogP contribution in [0.2, 0.25) is 0 Å². The van der Waals surface area contributed by atoms with Crippen molar-refractivity contribution in [2.45, 2.75) is 0 Å². The smallest absolute Gasteiger partial charge is 0.213 e. The number of para-hydroxylation sites is 2. The summed E-state index contributed by atoms with van der Waals surface area (Å²) in [6.45, 7) is 3.55. The molecule has 3 heteroatoms. The van der Waals surface area contributed by atoms with Crippen molar-refractivity contribution in [2.75, 3.05) is 31.2 Å². The maximum absolute atomic E-state index is 5.48. The number of benzene rings is 3. The molecule has 3 nitrogen and oxygen atoms in total. The number of morpholine rings is 1. The molecule has 0 N–H and O–H groups in total. The van der Waals surface area contributed by atoms with Gasteiger partial charge in [0.25, 0.3) is 0 Å². The van der Waals surface area contributed by atoms with Gasteiger partial charge in [-0.1, -0.05) is 36.4 Å². The minimum atomic E-state index is 0.812. The third-order valence-electron chi connectivity index (χ3n) is 5.60. The third-order valence-corrected chi connectivity index (χ3v) is 5.60. The van der Waals surface area contributed by atoms with E-state index in [1.165, 1.54) is 38.6 Å². The van der Waals surface area contributed by atoms with E-state index in [-0.39, 0.29) is 0 Å². The summed E-state index contributed by atoms with van der Waals surface area (Å²) in [4.78, 5) is 2.40. The van der Waals surface area contributed by atoms with E-state index < -0.39 is 0 Å². The van der Waals surface area contributed by atoms with Gasteiger partial charge in [-0.2, -0.15) is 4.57 Å². The highest BCUT2D eigenvalue weighted by Gasteiger charge is 2.18. The third kappa shape index (κ3) is 2.75. The largest absolute Gasteiger partial charge is 0.378 e. The van der Waals surface area contributed by atoms with Crippen LogP contribution in [0.3, 0.4) is 0 Å². The van der Waals surface area contributed by atoms with Crippen molar-refractivity contribution >= 4 is 27.5 Å². The molecule has 1 aromatic heterocycles. The average Bonchev–Trinajstić information content (AvgIpc) is 2.75. The second kappa shape index (κ2) is 6.67. The Balaban J connectivity index is 1.70. The molecule has 1 fully saturated rings. The fourth-order valence-electron chi connectivity index (χ4n) is 4.20. The molecule has 0 spiro atoms. The molecule has 0 amide bonds. The van der Waals surface area contributed by atoms with E-state index in [0.29, 0.717) is 0 Å². The molecule has 1 saturated heterocycles. The van der Waals surface area contributed by atoms with E-state index in [1.54, 1.807) is 0 Å². The Morgan fingerprint density at radius 2 is 1.30 bits per heavy atom. The van der Waals surface area contributed by atoms with Gasteiger partial charge in [0.1, 0.15) is 7.05 Å². The van der Waals surface area contributed by atoms with Crippen LogP contribution in [0, 0.1) is 0 Å². The Hall–Kier alpha value is -2.91. The van der Waals surface area contributed by atoms with Crippen LogP contribution in [-0.4, -0.2) is 26.3 Å². The Morgan fingerprint density at radius 1 is 0.741 bits per heavy atom. The molecule has 0 unspecified atom stereocenters. The molecular weight excluding hydrogens is 332 g/mol. The SMILES string of the molecule is C[n+]1c2ccccc2c(-c2ccc(N3CCOCC3)cc2)c2ccccc21. The highest BCUT2D eigenvalue weighted by Crippen LogP contribution is 2.34. The molecule has 1 aliphatic rings. The number of anilines is 1. The molecule has 4 aromatic rings. The number of pyridine rings is 1. The summed E-state index contributed by atoms with van der Waals surface area (Å²) in [6, 6.07) is 26.4. The highest BCUT2D eigenvalue weighted by molar-refractivity contribution is 6.07. The molecule has 2 heterocycles. The zero-order chi connectivity index (χ0) is 18.2. The first-order valence-corrected chi connectivity index (χ1v) is 9.55. The van der Waals surface area contributed by atoms with Crippen LogP contribution in [0.25, 0.3) is 32.9 Å². The predicted octanol–water partition coefficient (Wildman–Crippen LogP) is 4.32. The van der Waals surface area contributed by atoms with Gasteiger partial charge in [0.15, 0.2) is 0 Å². The molecule has 27 heavy (non-hydrogen) atoms. The van der Waals surface area contributed by atoms with Crippen molar-refractivity contribution in [1.82, 2.24) is 0 Å². The predicted molar refractivity (Wildman–Crippen MR) is 111 cm³/mol. The summed E-state index contributed by atoms with van der Waals surface area (Å²) < 4.78 is 7.77. The van der Waals surface area contributed by atoms with E-state index in [4.69, 9.17) is 4.74 Å². The lowest BCUT2D eigenvalue weighted by atomic mass is 9.95. The maximum Gasteiger partial charge on any atom is 0.213 e. The standard InChI is InChI=1S/C24H23N2O/c1-25-22-8-4-2-6-20(22)24(21-7-3-5-9-23(21)25)18-10-12-19(13-11-18)26-14-16-27-17-15-26/h2-13H,14-17H2,1H3/q+1. The van der Waals surface area contributed by atoms with Crippen LogP contribution < -0.4 is 9.47 Å². The van der Waals surface area contributed by atoms with Crippen molar-refractivity contribution in [2.24, 2.45) is 7.05 Å². The zero-order valence-electron chi connectivity index (χ0n) is 15.6. The van der Waals surface area contributed by atoms with E-state index in [1.807, 2.05) is 0 Å². The van der Waals surface area contributed by atoms with Crippen LogP contribution in [0.5, 0.6) is 0 Å². The van der Waals surface area contributed by atoms with Crippen LogP contribution in [0.1, 0.15) is 0 Å². The number of nitrogens with zero attached hydrogens (tertiary/aromatic N) is 2. The summed E-state index contributed by atoms with van der Waals surface area (Å²) in [5.74, 6) is 0. The first-order chi connectivity index (χ1) is 13.3. The summed E-state index contributed by atoms with van der Waals surface area (Å²) in [5.41, 5.74) is 6.36. The van der Waals surface area contributed by atoms with Crippen LogP contribution in [-0.2, 0) is 11.8 Å². The quantitative estimate of drug-likeness (QED) is 0.393. The van der Waals surface area contributed by atoms with Gasteiger partial charge in [-0.15, -0.1) is 0 Å². The fraction of sp³-hybridized carbons (Fsp3) is 0.208. The van der Waals surface area contributed by atoms with Gasteiger partial charge < -0.3 is 9.64 Å². The Labute approximate surface area is 159 Å². The van der Waals surface area contributed by atoms with Crippen molar-refractivity contribution in [3.8, 4) is 11.1 Å². The second-order valence-corrected chi connectivity index (χ2v) is 7.11. The van der Waals surface area contributed by atoms with Crippen LogP contribution >= 0.6 is 0 Å². The van der Waals surface area contributed by atoms with E-state index in [0.717, 1.165) is 26.3 Å². The summed E-state index contributed by atoms with van der Waals surface area (Å²) in [6.07, 6.45) is 0. The number of aryl methyl sites for hydroxylation is 1. The minimum absolute atomic E-state index is 0.812. The Morgan fingerprint density at radius 3 is 1.89 bits per heavy atom. The molecule has 1 aliphatic heterocycles. The zero-order valence-corrected chi connectivity index (χ0v) is 15.6. The summed E-state index contributed by atoms with van der Waals surface area (Å²) >= 11 is 0. The molecule has 0 aliphatic carbocycles. The molecule has 0 saturated carbocycles. The van der Waals surface area contributed by atoms with Gasteiger partial charge in [0.05, 0.1) is 24.0 Å². The molecule has 0 atom stereocenters. The van der Waals surface area contributed by atoms with Crippen molar-refractivity contribution < 1.29 is 9.30 Å². The Kier molecular flexibility index (Phi) is 4.02. The first-order valence-electron chi connectivity index (χ1n) is 9.55. The number of rotatable bonds is 2. The fourth-order valence-corrected chi connectivity index (χ4v) is 4.20. The lowest BCUT2D eigenvalue weighted by Gasteiger charge is -2.29. The van der Waals surface area contributed by atoms with Gasteiger partial charge in [0, 0.05) is 36.5 Å². The number of hydrogen-bond donors (Lipinski definition) is 0. The van der Waals surface area contributed by atoms with Gasteiger partial charge in [-0.25, -0.2) is 0 Å².